The average molecular weight is 238 g/mol. The molecule has 0 bridgehead atoms. The summed E-state index contributed by atoms with van der Waals surface area (Å²) in [5.74, 6) is 0.229. The van der Waals surface area contributed by atoms with Crippen molar-refractivity contribution in [3.63, 3.8) is 0 Å². The fourth-order valence-corrected chi connectivity index (χ4v) is 1.36. The maximum absolute atomic E-state index is 11.5. The highest BCUT2D eigenvalue weighted by atomic mass is 16.1. The first-order valence-corrected chi connectivity index (χ1v) is 6.14. The lowest BCUT2D eigenvalue weighted by atomic mass is 10.1. The van der Waals surface area contributed by atoms with Crippen molar-refractivity contribution < 1.29 is 4.79 Å². The van der Waals surface area contributed by atoms with E-state index in [9.17, 15) is 4.79 Å². The number of nitrogens with one attached hydrogen (secondary N) is 1. The Hall–Kier alpha value is -1.23. The van der Waals surface area contributed by atoms with E-state index >= 15 is 0 Å². The van der Waals surface area contributed by atoms with E-state index in [1.165, 1.54) is 0 Å². The van der Waals surface area contributed by atoms with Crippen molar-refractivity contribution in [1.82, 2.24) is 20.3 Å². The Morgan fingerprint density at radius 1 is 1.41 bits per heavy atom. The van der Waals surface area contributed by atoms with Crippen molar-refractivity contribution in [2.24, 2.45) is 5.92 Å². The largest absolute Gasteiger partial charge is 0.314 e. The molecule has 0 aromatic carbocycles. The summed E-state index contributed by atoms with van der Waals surface area (Å²) >= 11 is 0. The third-order valence-corrected chi connectivity index (χ3v) is 2.48. The molecule has 5 nitrogen and oxygen atoms in total. The van der Waals surface area contributed by atoms with Crippen LogP contribution in [0, 0.1) is 5.92 Å². The van der Waals surface area contributed by atoms with Crippen LogP contribution in [0.3, 0.4) is 0 Å². The number of nitrogens with zero attached hydrogens (tertiary/aromatic N) is 3. The highest BCUT2D eigenvalue weighted by Crippen LogP contribution is 1.99. The first kappa shape index (κ1) is 13.8. The average Bonchev–Trinajstić information content (AvgIpc) is 2.65. The van der Waals surface area contributed by atoms with Crippen LogP contribution in [0.1, 0.15) is 33.4 Å². The van der Waals surface area contributed by atoms with Gasteiger partial charge in [0.15, 0.2) is 5.78 Å². The van der Waals surface area contributed by atoms with Crippen molar-refractivity contribution in [2.45, 2.75) is 46.7 Å². The molecule has 1 rings (SSSR count). The number of Topliss-reactive ketones (excluding diaryl/α,β-unsaturated/α-hetero) is 1. The standard InChI is InChI=1S/C12H22N4O/c1-9(2)12(17)8-16-7-11(14-15-16)5-6-13-10(3)4/h7,9-10,13H,5-6,8H2,1-4H3. The van der Waals surface area contributed by atoms with E-state index in [0.717, 1.165) is 18.7 Å². The lowest BCUT2D eigenvalue weighted by Gasteiger charge is -2.05. The highest BCUT2D eigenvalue weighted by Gasteiger charge is 2.09. The molecule has 1 heterocycles. The van der Waals surface area contributed by atoms with E-state index in [0.29, 0.717) is 12.6 Å². The fourth-order valence-electron chi connectivity index (χ4n) is 1.36. The molecular weight excluding hydrogens is 216 g/mol. The molecule has 0 aliphatic carbocycles. The molecule has 1 aromatic heterocycles. The number of hydrogen-bond acceptors (Lipinski definition) is 4. The molecule has 1 N–H and O–H groups in total. The van der Waals surface area contributed by atoms with Gasteiger partial charge in [0.05, 0.1) is 5.69 Å². The Bertz CT molecular complexity index is 357. The quantitative estimate of drug-likeness (QED) is 0.771. The smallest absolute Gasteiger partial charge is 0.156 e. The summed E-state index contributed by atoms with van der Waals surface area (Å²) in [7, 11) is 0. The molecule has 0 spiro atoms. The molecule has 0 saturated heterocycles. The summed E-state index contributed by atoms with van der Waals surface area (Å²) in [6, 6.07) is 0.479. The number of hydrogen-bond donors (Lipinski definition) is 1. The van der Waals surface area contributed by atoms with Crippen LogP contribution < -0.4 is 5.32 Å². The van der Waals surface area contributed by atoms with E-state index in [1.54, 1.807) is 4.68 Å². The molecule has 96 valence electrons. The van der Waals surface area contributed by atoms with Crippen LogP contribution in [0.2, 0.25) is 0 Å². The summed E-state index contributed by atoms with van der Waals surface area (Å²) in [5.41, 5.74) is 0.926. The van der Waals surface area contributed by atoms with E-state index < -0.39 is 0 Å². The Balaban J connectivity index is 2.40. The molecule has 0 saturated carbocycles. The Labute approximate surface area is 103 Å². The normalized spacial score (nSPS) is 11.4. The van der Waals surface area contributed by atoms with Crippen LogP contribution in [0.15, 0.2) is 6.20 Å². The molecule has 0 radical (unpaired) electrons. The highest BCUT2D eigenvalue weighted by molar-refractivity contribution is 5.79. The minimum Gasteiger partial charge on any atom is -0.314 e. The third kappa shape index (κ3) is 5.08. The van der Waals surface area contributed by atoms with Gasteiger partial charge in [0.1, 0.15) is 6.54 Å². The molecule has 0 aliphatic rings. The van der Waals surface area contributed by atoms with Crippen LogP contribution >= 0.6 is 0 Å². The second-order valence-corrected chi connectivity index (χ2v) is 4.89. The number of rotatable bonds is 7. The molecule has 0 unspecified atom stereocenters. The zero-order chi connectivity index (χ0) is 12.8. The fraction of sp³-hybridized carbons (Fsp3) is 0.750. The zero-order valence-corrected chi connectivity index (χ0v) is 11.1. The SMILES string of the molecule is CC(C)NCCc1cn(CC(=O)C(C)C)nn1. The van der Waals surface area contributed by atoms with Crippen molar-refractivity contribution in [2.75, 3.05) is 6.54 Å². The molecule has 0 aliphatic heterocycles. The summed E-state index contributed by atoms with van der Waals surface area (Å²) in [4.78, 5) is 11.5. The van der Waals surface area contributed by atoms with Crippen LogP contribution in [-0.4, -0.2) is 33.4 Å². The maximum Gasteiger partial charge on any atom is 0.156 e. The van der Waals surface area contributed by atoms with E-state index in [1.807, 2.05) is 20.0 Å². The van der Waals surface area contributed by atoms with Crippen LogP contribution in [0.25, 0.3) is 0 Å². The molecule has 5 heteroatoms. The summed E-state index contributed by atoms with van der Waals surface area (Å²) in [6.45, 7) is 9.21. The van der Waals surface area contributed by atoms with Gasteiger partial charge in [0.2, 0.25) is 0 Å². The van der Waals surface area contributed by atoms with Gasteiger partial charge in [-0.05, 0) is 0 Å². The van der Waals surface area contributed by atoms with E-state index in [4.69, 9.17) is 0 Å². The Morgan fingerprint density at radius 2 is 2.12 bits per heavy atom. The van der Waals surface area contributed by atoms with Gasteiger partial charge in [0, 0.05) is 31.1 Å². The molecule has 0 atom stereocenters. The Morgan fingerprint density at radius 3 is 2.71 bits per heavy atom. The second kappa shape index (κ2) is 6.49. The van der Waals surface area contributed by atoms with Crippen molar-refractivity contribution in [3.8, 4) is 0 Å². The number of carbonyl (C=O) groups excluding carboxylic acids is 1. The van der Waals surface area contributed by atoms with Gasteiger partial charge in [-0.1, -0.05) is 32.9 Å². The lowest BCUT2D eigenvalue weighted by Crippen LogP contribution is -2.25. The van der Waals surface area contributed by atoms with Crippen LogP contribution in [0.4, 0.5) is 0 Å². The van der Waals surface area contributed by atoms with Crippen molar-refractivity contribution in [3.05, 3.63) is 11.9 Å². The second-order valence-electron chi connectivity index (χ2n) is 4.89. The van der Waals surface area contributed by atoms with Crippen LogP contribution in [-0.2, 0) is 17.8 Å². The molecular formula is C12H22N4O. The number of carbonyl (C=O) groups is 1. The topological polar surface area (TPSA) is 59.8 Å². The maximum atomic E-state index is 11.5. The van der Waals surface area contributed by atoms with E-state index in [-0.39, 0.29) is 11.7 Å². The molecule has 0 fully saturated rings. The number of ketones is 1. The lowest BCUT2D eigenvalue weighted by molar-refractivity contribution is -0.122. The van der Waals surface area contributed by atoms with Gasteiger partial charge in [0.25, 0.3) is 0 Å². The van der Waals surface area contributed by atoms with Crippen LogP contribution in [0.5, 0.6) is 0 Å². The van der Waals surface area contributed by atoms with Gasteiger partial charge in [-0.25, -0.2) is 4.68 Å². The molecule has 1 aromatic rings. The van der Waals surface area contributed by atoms with E-state index in [2.05, 4.69) is 29.5 Å². The predicted molar refractivity (Wildman–Crippen MR) is 66.7 cm³/mol. The predicted octanol–water partition coefficient (Wildman–Crippen LogP) is 1.04. The van der Waals surface area contributed by atoms with Gasteiger partial charge < -0.3 is 5.32 Å². The van der Waals surface area contributed by atoms with Gasteiger partial charge in [-0.3, -0.25) is 4.79 Å². The first-order valence-electron chi connectivity index (χ1n) is 6.14. The minimum absolute atomic E-state index is 0.0465. The molecule has 0 amide bonds. The van der Waals surface area contributed by atoms with Crippen molar-refractivity contribution in [1.29, 1.82) is 0 Å². The monoisotopic (exact) mass is 238 g/mol. The molecule has 17 heavy (non-hydrogen) atoms. The minimum atomic E-state index is 0.0465. The van der Waals surface area contributed by atoms with Gasteiger partial charge in [-0.2, -0.15) is 0 Å². The third-order valence-electron chi connectivity index (χ3n) is 2.48. The van der Waals surface area contributed by atoms with Gasteiger partial charge >= 0.3 is 0 Å². The summed E-state index contributed by atoms with van der Waals surface area (Å²) < 4.78 is 1.62. The summed E-state index contributed by atoms with van der Waals surface area (Å²) in [5, 5.41) is 11.3. The zero-order valence-electron chi connectivity index (χ0n) is 11.1. The number of aromatic nitrogens is 3. The summed E-state index contributed by atoms with van der Waals surface area (Å²) in [6.07, 6.45) is 2.69. The first-order chi connectivity index (χ1) is 7.99. The van der Waals surface area contributed by atoms with Gasteiger partial charge in [-0.15, -0.1) is 5.10 Å². The van der Waals surface area contributed by atoms with Crippen molar-refractivity contribution >= 4 is 5.78 Å². The Kier molecular flexibility index (Phi) is 5.28.